The topological polar surface area (TPSA) is 52.6 Å². The quantitative estimate of drug-likeness (QED) is 0.607. The number of ketones is 2. The van der Waals surface area contributed by atoms with Crippen LogP contribution in [0, 0.1) is 34.5 Å². The van der Waals surface area contributed by atoms with E-state index < -0.39 is 5.79 Å². The molecule has 2 unspecified atom stereocenters. The van der Waals surface area contributed by atoms with Crippen molar-refractivity contribution in [2.45, 2.75) is 91.6 Å². The molecule has 1 saturated heterocycles. The van der Waals surface area contributed by atoms with Gasteiger partial charge in [-0.25, -0.2) is 0 Å². The van der Waals surface area contributed by atoms with Gasteiger partial charge in [-0.1, -0.05) is 25.0 Å². The Morgan fingerprint density at radius 1 is 1.00 bits per heavy atom. The van der Waals surface area contributed by atoms with Gasteiger partial charge in [-0.05, 0) is 89.2 Å². The predicted molar refractivity (Wildman–Crippen MR) is 115 cm³/mol. The number of fused-ring (bicyclic) bond motifs is 5. The molecule has 0 aromatic rings. The van der Waals surface area contributed by atoms with Crippen molar-refractivity contribution in [3.8, 4) is 0 Å². The third kappa shape index (κ3) is 2.65. The van der Waals surface area contributed by atoms with Crippen molar-refractivity contribution in [3.05, 3.63) is 23.3 Å². The number of hydrogen-bond donors (Lipinski definition) is 0. The lowest BCUT2D eigenvalue weighted by Gasteiger charge is -2.58. The van der Waals surface area contributed by atoms with Crippen molar-refractivity contribution >= 4 is 11.6 Å². The van der Waals surface area contributed by atoms with Crippen molar-refractivity contribution < 1.29 is 19.1 Å². The second-order valence-corrected chi connectivity index (χ2v) is 11.5. The average Bonchev–Trinajstić information content (AvgIpc) is 3.08. The first-order valence-electron chi connectivity index (χ1n) is 11.8. The zero-order valence-corrected chi connectivity index (χ0v) is 19.3. The van der Waals surface area contributed by atoms with Crippen LogP contribution in [0.15, 0.2) is 23.3 Å². The minimum atomic E-state index is -0.586. The molecule has 4 aliphatic carbocycles. The van der Waals surface area contributed by atoms with Crippen LogP contribution in [0.2, 0.25) is 0 Å². The highest BCUT2D eigenvalue weighted by Crippen LogP contribution is 2.67. The zero-order chi connectivity index (χ0) is 21.6. The van der Waals surface area contributed by atoms with Crippen LogP contribution >= 0.6 is 0 Å². The fraction of sp³-hybridized carbons (Fsp3) is 0.769. The molecule has 3 saturated carbocycles. The second-order valence-electron chi connectivity index (χ2n) is 11.5. The van der Waals surface area contributed by atoms with Crippen LogP contribution in [0.5, 0.6) is 0 Å². The standard InChI is InChI=1S/C26H36O4/c1-14-11-17(27)12-16-7-8-18-20(26(14,16)6)9-10-25(5)21(28)13-19(22(18)25)23-15(2)29-24(3,4)30-23/h11-12,15,18-20,22-23H,7-10,13H2,1-6H3/t15?,18-,19-,20+,22-,23?,25-,26+/m1/s1. The van der Waals surface area contributed by atoms with Gasteiger partial charge < -0.3 is 9.47 Å². The summed E-state index contributed by atoms with van der Waals surface area (Å²) in [5.74, 6) is 1.50. The Morgan fingerprint density at radius 3 is 2.40 bits per heavy atom. The van der Waals surface area contributed by atoms with Crippen LogP contribution < -0.4 is 0 Å². The summed E-state index contributed by atoms with van der Waals surface area (Å²) in [5.41, 5.74) is 2.22. The van der Waals surface area contributed by atoms with Crippen LogP contribution in [-0.4, -0.2) is 29.6 Å². The van der Waals surface area contributed by atoms with E-state index in [1.165, 1.54) is 11.1 Å². The molecule has 0 bridgehead atoms. The third-order valence-corrected chi connectivity index (χ3v) is 9.63. The van der Waals surface area contributed by atoms with Gasteiger partial charge in [0.25, 0.3) is 0 Å². The Labute approximate surface area is 180 Å². The lowest BCUT2D eigenvalue weighted by atomic mass is 9.46. The summed E-state index contributed by atoms with van der Waals surface area (Å²) in [6.07, 6.45) is 8.38. The van der Waals surface area contributed by atoms with Crippen LogP contribution in [-0.2, 0) is 19.1 Å². The molecule has 5 aliphatic rings. The molecule has 8 atom stereocenters. The molecule has 0 N–H and O–H groups in total. The number of allylic oxidation sites excluding steroid dienone is 4. The summed E-state index contributed by atoms with van der Waals surface area (Å²) < 4.78 is 12.5. The number of carbonyl (C=O) groups excluding carboxylic acids is 2. The van der Waals surface area contributed by atoms with E-state index in [1.54, 1.807) is 0 Å². The molecule has 164 valence electrons. The number of rotatable bonds is 1. The second kappa shape index (κ2) is 6.38. The van der Waals surface area contributed by atoms with E-state index in [-0.39, 0.29) is 34.7 Å². The molecule has 4 heteroatoms. The predicted octanol–water partition coefficient (Wildman–Crippen LogP) is 5.02. The van der Waals surface area contributed by atoms with Gasteiger partial charge in [-0.2, -0.15) is 0 Å². The Hall–Kier alpha value is -1.26. The van der Waals surface area contributed by atoms with Crippen molar-refractivity contribution in [1.29, 1.82) is 0 Å². The van der Waals surface area contributed by atoms with Crippen molar-refractivity contribution in [2.75, 3.05) is 0 Å². The van der Waals surface area contributed by atoms with Gasteiger partial charge in [-0.3, -0.25) is 9.59 Å². The number of Topliss-reactive ketones (excluding diaryl/α,β-unsaturated/α-hetero) is 1. The van der Waals surface area contributed by atoms with Crippen molar-refractivity contribution in [3.63, 3.8) is 0 Å². The van der Waals surface area contributed by atoms with Crippen LogP contribution in [0.4, 0.5) is 0 Å². The van der Waals surface area contributed by atoms with E-state index in [1.807, 2.05) is 26.0 Å². The minimum Gasteiger partial charge on any atom is -0.345 e. The highest BCUT2D eigenvalue weighted by molar-refractivity contribution is 6.02. The minimum absolute atomic E-state index is 0.00379. The maximum absolute atomic E-state index is 13.3. The normalized spacial score (nSPS) is 49.8. The van der Waals surface area contributed by atoms with Gasteiger partial charge in [0.15, 0.2) is 11.6 Å². The van der Waals surface area contributed by atoms with E-state index >= 15 is 0 Å². The Balaban J connectivity index is 1.54. The molecular formula is C26H36O4. The van der Waals surface area contributed by atoms with Crippen LogP contribution in [0.25, 0.3) is 0 Å². The lowest BCUT2D eigenvalue weighted by molar-refractivity contribution is -0.155. The first-order chi connectivity index (χ1) is 14.0. The van der Waals surface area contributed by atoms with E-state index in [0.29, 0.717) is 30.0 Å². The molecule has 0 aromatic carbocycles. The first-order valence-corrected chi connectivity index (χ1v) is 11.8. The largest absolute Gasteiger partial charge is 0.345 e. The van der Waals surface area contributed by atoms with Gasteiger partial charge in [-0.15, -0.1) is 0 Å². The molecule has 0 spiro atoms. The Morgan fingerprint density at radius 2 is 1.73 bits per heavy atom. The van der Waals surface area contributed by atoms with Crippen molar-refractivity contribution in [2.24, 2.45) is 34.5 Å². The van der Waals surface area contributed by atoms with Crippen LogP contribution in [0.3, 0.4) is 0 Å². The molecule has 4 nitrogen and oxygen atoms in total. The van der Waals surface area contributed by atoms with Gasteiger partial charge in [0, 0.05) is 17.3 Å². The van der Waals surface area contributed by atoms with E-state index in [2.05, 4.69) is 27.7 Å². The lowest BCUT2D eigenvalue weighted by Crippen LogP contribution is -2.53. The fourth-order valence-electron chi connectivity index (χ4n) is 8.23. The summed E-state index contributed by atoms with van der Waals surface area (Å²) in [4.78, 5) is 25.5. The molecule has 4 fully saturated rings. The Kier molecular flexibility index (Phi) is 4.39. The third-order valence-electron chi connectivity index (χ3n) is 9.63. The molecule has 0 radical (unpaired) electrons. The maximum atomic E-state index is 13.3. The van der Waals surface area contributed by atoms with Crippen LogP contribution in [0.1, 0.15) is 73.6 Å². The molecule has 0 aromatic heterocycles. The summed E-state index contributed by atoms with van der Waals surface area (Å²) in [6.45, 7) is 12.8. The molecular weight excluding hydrogens is 376 g/mol. The van der Waals surface area contributed by atoms with Gasteiger partial charge >= 0.3 is 0 Å². The summed E-state index contributed by atoms with van der Waals surface area (Å²) in [7, 11) is 0. The molecule has 0 amide bonds. The number of hydrogen-bond acceptors (Lipinski definition) is 4. The fourth-order valence-corrected chi connectivity index (χ4v) is 8.23. The summed E-state index contributed by atoms with van der Waals surface area (Å²) in [5, 5.41) is 0. The van der Waals surface area contributed by atoms with E-state index in [9.17, 15) is 9.59 Å². The molecule has 1 aliphatic heterocycles. The molecule has 1 heterocycles. The SMILES string of the molecule is CC1=CC(=O)C=C2CC[C@H]3[C@@H]4[C@H](C5OC(C)(C)OC5C)CC(=O)[C@@]4(C)CC[C@@H]3[C@@]12C. The van der Waals surface area contributed by atoms with Gasteiger partial charge in [0.2, 0.25) is 0 Å². The average molecular weight is 413 g/mol. The highest BCUT2D eigenvalue weighted by atomic mass is 16.7. The summed E-state index contributed by atoms with van der Waals surface area (Å²) >= 11 is 0. The Bertz CT molecular complexity index is 866. The number of carbonyl (C=O) groups is 2. The number of ether oxygens (including phenoxy) is 2. The first kappa shape index (κ1) is 20.6. The van der Waals surface area contributed by atoms with E-state index in [0.717, 1.165) is 25.7 Å². The highest BCUT2D eigenvalue weighted by Gasteiger charge is 2.64. The summed E-state index contributed by atoms with van der Waals surface area (Å²) in [6, 6.07) is 0. The maximum Gasteiger partial charge on any atom is 0.178 e. The van der Waals surface area contributed by atoms with Gasteiger partial charge in [0.05, 0.1) is 12.2 Å². The van der Waals surface area contributed by atoms with Gasteiger partial charge in [0.1, 0.15) is 5.78 Å². The van der Waals surface area contributed by atoms with Crippen molar-refractivity contribution in [1.82, 2.24) is 0 Å². The zero-order valence-electron chi connectivity index (χ0n) is 19.3. The smallest absolute Gasteiger partial charge is 0.178 e. The molecule has 30 heavy (non-hydrogen) atoms. The molecule has 5 rings (SSSR count). The monoisotopic (exact) mass is 412 g/mol. The van der Waals surface area contributed by atoms with E-state index in [4.69, 9.17) is 9.47 Å².